The van der Waals surface area contributed by atoms with Gasteiger partial charge in [-0.1, -0.05) is 0 Å². The van der Waals surface area contributed by atoms with Crippen LogP contribution in [0.4, 0.5) is 5.82 Å². The minimum Gasteiger partial charge on any atom is -0.384 e. The molecular weight excluding hydrogens is 214 g/mol. The Balaban J connectivity index is 1.60. The first-order valence-corrected chi connectivity index (χ1v) is 6.19. The Morgan fingerprint density at radius 1 is 1.53 bits per heavy atom. The van der Waals surface area contributed by atoms with E-state index in [1.165, 1.54) is 25.7 Å². The molecule has 1 aromatic rings. The molecule has 2 aliphatic carbocycles. The van der Waals surface area contributed by atoms with Crippen molar-refractivity contribution in [2.45, 2.75) is 25.7 Å². The van der Waals surface area contributed by atoms with Crippen molar-refractivity contribution in [3.05, 3.63) is 23.9 Å². The number of carbonyl (C=O) groups excluding carboxylic acids is 1. The lowest BCUT2D eigenvalue weighted by atomic mass is 10.0. The molecule has 0 aromatic carbocycles. The molecule has 2 fully saturated rings. The minimum absolute atomic E-state index is 0.0361. The molecule has 0 atom stereocenters. The van der Waals surface area contributed by atoms with Gasteiger partial charge < -0.3 is 11.1 Å². The summed E-state index contributed by atoms with van der Waals surface area (Å²) in [6.07, 6.45) is 6.81. The molecule has 0 aliphatic heterocycles. The van der Waals surface area contributed by atoms with Gasteiger partial charge in [-0.05, 0) is 49.1 Å². The predicted molar refractivity (Wildman–Crippen MR) is 65.4 cm³/mol. The fourth-order valence-electron chi connectivity index (χ4n) is 2.53. The molecular formula is C13H17N3O. The molecule has 3 N–H and O–H groups in total. The van der Waals surface area contributed by atoms with Crippen molar-refractivity contribution in [2.75, 3.05) is 12.3 Å². The Morgan fingerprint density at radius 2 is 2.29 bits per heavy atom. The van der Waals surface area contributed by atoms with Crippen molar-refractivity contribution >= 4 is 11.7 Å². The molecule has 0 saturated heterocycles. The quantitative estimate of drug-likeness (QED) is 0.826. The molecule has 4 nitrogen and oxygen atoms in total. The number of hydrogen-bond donors (Lipinski definition) is 2. The fraction of sp³-hybridized carbons (Fsp3) is 0.538. The van der Waals surface area contributed by atoms with Crippen molar-refractivity contribution in [2.24, 2.45) is 11.3 Å². The summed E-state index contributed by atoms with van der Waals surface area (Å²) < 4.78 is 0. The van der Waals surface area contributed by atoms with Gasteiger partial charge in [-0.3, -0.25) is 4.79 Å². The number of nitrogens with zero attached hydrogens (tertiary/aromatic N) is 1. The predicted octanol–water partition coefficient (Wildman–Crippen LogP) is 1.58. The van der Waals surface area contributed by atoms with Crippen LogP contribution in [-0.2, 0) is 0 Å². The lowest BCUT2D eigenvalue weighted by Gasteiger charge is -2.14. The van der Waals surface area contributed by atoms with Crippen molar-refractivity contribution in [1.82, 2.24) is 10.3 Å². The van der Waals surface area contributed by atoms with Crippen molar-refractivity contribution in [1.29, 1.82) is 0 Å². The molecule has 3 rings (SSSR count). The van der Waals surface area contributed by atoms with Crippen LogP contribution in [0.1, 0.15) is 36.0 Å². The number of nitrogens with one attached hydrogen (secondary N) is 1. The summed E-state index contributed by atoms with van der Waals surface area (Å²) in [7, 11) is 0. The third kappa shape index (κ3) is 2.12. The molecule has 17 heavy (non-hydrogen) atoms. The number of pyridine rings is 1. The van der Waals surface area contributed by atoms with E-state index >= 15 is 0 Å². The number of hydrogen-bond acceptors (Lipinski definition) is 3. The SMILES string of the molecule is Nc1cc(C(=O)NCC2(C3CC3)CC2)ccn1. The van der Waals surface area contributed by atoms with Gasteiger partial charge in [-0.15, -0.1) is 0 Å². The lowest BCUT2D eigenvalue weighted by molar-refractivity contribution is 0.0942. The summed E-state index contributed by atoms with van der Waals surface area (Å²) in [6, 6.07) is 3.31. The highest BCUT2D eigenvalue weighted by Crippen LogP contribution is 2.60. The van der Waals surface area contributed by atoms with E-state index in [2.05, 4.69) is 10.3 Å². The number of rotatable bonds is 4. The molecule has 1 aromatic heterocycles. The van der Waals surface area contributed by atoms with Crippen LogP contribution in [-0.4, -0.2) is 17.4 Å². The largest absolute Gasteiger partial charge is 0.384 e. The monoisotopic (exact) mass is 231 g/mol. The molecule has 1 amide bonds. The zero-order valence-corrected chi connectivity index (χ0v) is 9.78. The van der Waals surface area contributed by atoms with Crippen LogP contribution < -0.4 is 11.1 Å². The lowest BCUT2D eigenvalue weighted by Crippen LogP contribution is -2.31. The van der Waals surface area contributed by atoms with Crippen molar-refractivity contribution in [3.8, 4) is 0 Å². The Bertz CT molecular complexity index is 450. The van der Waals surface area contributed by atoms with Gasteiger partial charge in [0.05, 0.1) is 0 Å². The third-order valence-electron chi connectivity index (χ3n) is 3.98. The molecule has 90 valence electrons. The van der Waals surface area contributed by atoms with Gasteiger partial charge in [0.2, 0.25) is 0 Å². The number of carbonyl (C=O) groups is 1. The summed E-state index contributed by atoms with van der Waals surface area (Å²) in [5, 5.41) is 3.03. The maximum atomic E-state index is 11.9. The normalized spacial score (nSPS) is 20.9. The highest BCUT2D eigenvalue weighted by molar-refractivity contribution is 5.94. The van der Waals surface area contributed by atoms with E-state index in [1.54, 1.807) is 18.3 Å². The molecule has 0 radical (unpaired) electrons. The number of nitrogens with two attached hydrogens (primary N) is 1. The Hall–Kier alpha value is -1.58. The van der Waals surface area contributed by atoms with Gasteiger partial charge in [-0.2, -0.15) is 0 Å². The smallest absolute Gasteiger partial charge is 0.251 e. The zero-order chi connectivity index (χ0) is 11.9. The first-order chi connectivity index (χ1) is 8.20. The molecule has 0 spiro atoms. The second kappa shape index (κ2) is 3.72. The van der Waals surface area contributed by atoms with Crippen molar-refractivity contribution < 1.29 is 4.79 Å². The highest BCUT2D eigenvalue weighted by atomic mass is 16.1. The van der Waals surface area contributed by atoms with E-state index in [0.717, 1.165) is 12.5 Å². The maximum Gasteiger partial charge on any atom is 0.251 e. The molecule has 2 saturated carbocycles. The van der Waals surface area contributed by atoms with E-state index in [1.807, 2.05) is 0 Å². The Morgan fingerprint density at radius 3 is 2.88 bits per heavy atom. The molecule has 0 bridgehead atoms. The van der Waals surface area contributed by atoms with E-state index in [-0.39, 0.29) is 5.91 Å². The first-order valence-electron chi connectivity index (χ1n) is 6.19. The van der Waals surface area contributed by atoms with Crippen LogP contribution in [0.5, 0.6) is 0 Å². The van der Waals surface area contributed by atoms with Gasteiger partial charge >= 0.3 is 0 Å². The molecule has 1 heterocycles. The number of amides is 1. The zero-order valence-electron chi connectivity index (χ0n) is 9.78. The second-order valence-corrected chi connectivity index (χ2v) is 5.29. The summed E-state index contributed by atoms with van der Waals surface area (Å²) in [6.45, 7) is 0.818. The van der Waals surface area contributed by atoms with Crippen LogP contribution >= 0.6 is 0 Å². The molecule has 0 unspecified atom stereocenters. The topological polar surface area (TPSA) is 68.0 Å². The first kappa shape index (κ1) is 10.6. The second-order valence-electron chi connectivity index (χ2n) is 5.29. The summed E-state index contributed by atoms with van der Waals surface area (Å²) in [5.74, 6) is 1.22. The standard InChI is InChI=1S/C13H17N3O/c14-11-7-9(3-6-15-11)12(17)16-8-13(4-5-13)10-1-2-10/h3,6-7,10H,1-2,4-5,8H2,(H2,14,15)(H,16,17). The summed E-state index contributed by atoms with van der Waals surface area (Å²) >= 11 is 0. The van der Waals surface area contributed by atoms with Crippen LogP contribution in [0.3, 0.4) is 0 Å². The van der Waals surface area contributed by atoms with Gasteiger partial charge in [-0.25, -0.2) is 4.98 Å². The van der Waals surface area contributed by atoms with Gasteiger partial charge in [0.15, 0.2) is 0 Å². The van der Waals surface area contributed by atoms with Gasteiger partial charge in [0.1, 0.15) is 5.82 Å². The van der Waals surface area contributed by atoms with Crippen molar-refractivity contribution in [3.63, 3.8) is 0 Å². The van der Waals surface area contributed by atoms with Crippen LogP contribution in [0.25, 0.3) is 0 Å². The average molecular weight is 231 g/mol. The fourth-order valence-corrected chi connectivity index (χ4v) is 2.53. The van der Waals surface area contributed by atoms with E-state index in [9.17, 15) is 4.79 Å². The maximum absolute atomic E-state index is 11.9. The van der Waals surface area contributed by atoms with Crippen LogP contribution in [0, 0.1) is 11.3 Å². The van der Waals surface area contributed by atoms with Crippen LogP contribution in [0.15, 0.2) is 18.3 Å². The Labute approximate surface area is 101 Å². The summed E-state index contributed by atoms with van der Waals surface area (Å²) in [5.41, 5.74) is 6.60. The third-order valence-corrected chi connectivity index (χ3v) is 3.98. The highest BCUT2D eigenvalue weighted by Gasteiger charge is 2.53. The van der Waals surface area contributed by atoms with Gasteiger partial charge in [0.25, 0.3) is 5.91 Å². The van der Waals surface area contributed by atoms with E-state index in [0.29, 0.717) is 16.8 Å². The number of nitrogen functional groups attached to an aromatic ring is 1. The number of anilines is 1. The van der Waals surface area contributed by atoms with E-state index in [4.69, 9.17) is 5.73 Å². The van der Waals surface area contributed by atoms with E-state index < -0.39 is 0 Å². The minimum atomic E-state index is -0.0361. The number of aromatic nitrogens is 1. The van der Waals surface area contributed by atoms with Crippen LogP contribution in [0.2, 0.25) is 0 Å². The molecule has 4 heteroatoms. The Kier molecular flexibility index (Phi) is 2.31. The molecule has 2 aliphatic rings. The summed E-state index contributed by atoms with van der Waals surface area (Å²) in [4.78, 5) is 15.8. The van der Waals surface area contributed by atoms with Gasteiger partial charge in [0, 0.05) is 18.3 Å². The average Bonchev–Trinajstić information content (AvgIpc) is 3.15.